The predicted molar refractivity (Wildman–Crippen MR) is 130 cm³/mol. The minimum Gasteiger partial charge on any atom is -0.444 e. The summed E-state index contributed by atoms with van der Waals surface area (Å²) >= 11 is 0. The van der Waals surface area contributed by atoms with Gasteiger partial charge in [0.05, 0.1) is 11.4 Å². The normalized spacial score (nSPS) is 19.4. The van der Waals surface area contributed by atoms with E-state index in [2.05, 4.69) is 0 Å². The second-order valence-corrected chi connectivity index (χ2v) is 11.3. The zero-order valence-electron chi connectivity index (χ0n) is 19.3. The molecule has 1 fully saturated rings. The van der Waals surface area contributed by atoms with Crippen molar-refractivity contribution in [2.24, 2.45) is 5.92 Å². The minimum atomic E-state index is -3.47. The van der Waals surface area contributed by atoms with Crippen molar-refractivity contribution >= 4 is 34.1 Å². The van der Waals surface area contributed by atoms with Crippen LogP contribution in [0.1, 0.15) is 40.0 Å². The molecule has 0 spiro atoms. The average molecular weight is 478 g/mol. The second-order valence-electron chi connectivity index (χ2n) is 9.53. The molecule has 1 saturated heterocycles. The largest absolute Gasteiger partial charge is 0.444 e. The number of rotatable bonds is 4. The van der Waals surface area contributed by atoms with Crippen molar-refractivity contribution in [1.29, 1.82) is 0 Å². The molecular weight excluding hydrogens is 445 g/mol. The minimum absolute atomic E-state index is 0.137. The van der Waals surface area contributed by atoms with Gasteiger partial charge in [0, 0.05) is 19.6 Å². The number of piperidine rings is 1. The number of hydrogen-bond donors (Lipinski definition) is 2. The Labute approximate surface area is 196 Å². The first-order valence-corrected chi connectivity index (χ1v) is 12.7. The Morgan fingerprint density at radius 3 is 2.21 bits per heavy atom. The molecule has 1 amide bonds. The molecule has 9 heteroatoms. The summed E-state index contributed by atoms with van der Waals surface area (Å²) in [7, 11) is -3.47. The summed E-state index contributed by atoms with van der Waals surface area (Å²) in [5.74, 6) is -0.169. The molecule has 0 saturated carbocycles. The highest BCUT2D eigenvalue weighted by Gasteiger charge is 2.42. The maximum absolute atomic E-state index is 14.6. The molecule has 2 heterocycles. The molecule has 0 aromatic heterocycles. The fourth-order valence-electron chi connectivity index (χ4n) is 4.36. The topological polar surface area (TPSA) is 76.5 Å². The van der Waals surface area contributed by atoms with E-state index in [9.17, 15) is 18.3 Å². The zero-order chi connectivity index (χ0) is 23.8. The lowest BCUT2D eigenvalue weighted by atomic mass is 9.93. The van der Waals surface area contributed by atoms with Crippen molar-refractivity contribution in [2.75, 3.05) is 28.2 Å². The van der Waals surface area contributed by atoms with Crippen molar-refractivity contribution in [1.82, 2.24) is 4.90 Å². The van der Waals surface area contributed by atoms with Crippen LogP contribution in [-0.4, -0.2) is 45.3 Å². The highest BCUT2D eigenvalue weighted by molar-refractivity contribution is 8.27. The van der Waals surface area contributed by atoms with Gasteiger partial charge in [-0.1, -0.05) is 24.3 Å². The Hall–Kier alpha value is -2.49. The third-order valence-electron chi connectivity index (χ3n) is 5.99. The van der Waals surface area contributed by atoms with Gasteiger partial charge in [-0.3, -0.25) is 13.4 Å². The molecule has 0 aliphatic carbocycles. The first-order chi connectivity index (χ1) is 15.6. The van der Waals surface area contributed by atoms with Crippen molar-refractivity contribution < 1.29 is 23.0 Å². The van der Waals surface area contributed by atoms with Crippen LogP contribution in [0, 0.1) is 11.7 Å². The Morgan fingerprint density at radius 2 is 1.61 bits per heavy atom. The molecule has 33 heavy (non-hydrogen) atoms. The maximum atomic E-state index is 14.6. The molecule has 0 radical (unpaired) electrons. The summed E-state index contributed by atoms with van der Waals surface area (Å²) in [5, 5.41) is 0. The lowest BCUT2D eigenvalue weighted by molar-refractivity contribution is 0.0182. The van der Waals surface area contributed by atoms with E-state index in [1.807, 2.05) is 32.9 Å². The number of para-hydroxylation sites is 3. The van der Waals surface area contributed by atoms with Gasteiger partial charge in [-0.05, 0) is 81.2 Å². The lowest BCUT2D eigenvalue weighted by Gasteiger charge is -2.44. The number of benzene rings is 2. The number of carbonyl (C=O) groups is 1. The summed E-state index contributed by atoms with van der Waals surface area (Å²) in [6.07, 6.45) is 2.09. The molecule has 180 valence electrons. The molecular formula is C24H32FN3O4S. The summed E-state index contributed by atoms with van der Waals surface area (Å²) in [6.45, 7) is 7.22. The number of nitrogens with zero attached hydrogens (tertiary/aromatic N) is 3. The number of ether oxygens (including phenoxy) is 1. The van der Waals surface area contributed by atoms with Gasteiger partial charge in [-0.15, -0.1) is 0 Å². The molecule has 0 bridgehead atoms. The molecule has 4 rings (SSSR count). The Bertz CT molecular complexity index is 1010. The SMILES string of the molecule is CC(C)(C)OC(=O)N1CCC(CCN2c3ccccc3N(c3ccccc3F)S2(O)O)CC1. The van der Waals surface area contributed by atoms with Gasteiger partial charge >= 0.3 is 6.09 Å². The van der Waals surface area contributed by atoms with E-state index >= 15 is 0 Å². The van der Waals surface area contributed by atoms with Crippen molar-refractivity contribution in [3.05, 3.63) is 54.3 Å². The van der Waals surface area contributed by atoms with Crippen molar-refractivity contribution in [3.63, 3.8) is 0 Å². The summed E-state index contributed by atoms with van der Waals surface area (Å²) in [5.41, 5.74) is 0.864. The molecule has 2 aromatic rings. The van der Waals surface area contributed by atoms with Crippen LogP contribution in [-0.2, 0) is 4.74 Å². The fourth-order valence-corrected chi connectivity index (χ4v) is 6.16. The third-order valence-corrected chi connectivity index (χ3v) is 7.84. The summed E-state index contributed by atoms with van der Waals surface area (Å²) in [6, 6.07) is 13.4. The molecule has 2 aliphatic heterocycles. The van der Waals surface area contributed by atoms with Crippen LogP contribution in [0.15, 0.2) is 48.5 Å². The smallest absolute Gasteiger partial charge is 0.410 e. The van der Waals surface area contributed by atoms with Crippen LogP contribution in [0.3, 0.4) is 0 Å². The van der Waals surface area contributed by atoms with Crippen LogP contribution < -0.4 is 8.61 Å². The second kappa shape index (κ2) is 9.04. The molecule has 0 atom stereocenters. The van der Waals surface area contributed by atoms with Gasteiger partial charge in [-0.2, -0.15) is 0 Å². The Morgan fingerprint density at radius 1 is 1.03 bits per heavy atom. The van der Waals surface area contributed by atoms with Crippen LogP contribution >= 0.6 is 11.0 Å². The van der Waals surface area contributed by atoms with Crippen molar-refractivity contribution in [3.8, 4) is 0 Å². The number of fused-ring (bicyclic) bond motifs is 1. The monoisotopic (exact) mass is 477 g/mol. The van der Waals surface area contributed by atoms with Gasteiger partial charge in [-0.25, -0.2) is 13.5 Å². The molecule has 2 N–H and O–H groups in total. The van der Waals surface area contributed by atoms with Gasteiger partial charge in [0.25, 0.3) is 0 Å². The van der Waals surface area contributed by atoms with E-state index in [-0.39, 0.29) is 11.8 Å². The number of amides is 1. The average Bonchev–Trinajstić information content (AvgIpc) is 2.97. The van der Waals surface area contributed by atoms with Crippen LogP contribution in [0.25, 0.3) is 0 Å². The number of likely N-dealkylation sites (tertiary alicyclic amines) is 1. The molecule has 7 nitrogen and oxygen atoms in total. The third kappa shape index (κ3) is 4.90. The Kier molecular flexibility index (Phi) is 6.48. The predicted octanol–water partition coefficient (Wildman–Crippen LogP) is 6.40. The van der Waals surface area contributed by atoms with Crippen LogP contribution in [0.5, 0.6) is 0 Å². The fraction of sp³-hybridized carbons (Fsp3) is 0.458. The molecule has 2 aliphatic rings. The van der Waals surface area contributed by atoms with Crippen LogP contribution in [0.4, 0.5) is 26.2 Å². The van der Waals surface area contributed by atoms with Crippen molar-refractivity contribution in [2.45, 2.75) is 45.6 Å². The first-order valence-electron chi connectivity index (χ1n) is 11.3. The van der Waals surface area contributed by atoms with Crippen LogP contribution in [0.2, 0.25) is 0 Å². The maximum Gasteiger partial charge on any atom is 0.410 e. The van der Waals surface area contributed by atoms with Gasteiger partial charge in [0.15, 0.2) is 0 Å². The van der Waals surface area contributed by atoms with E-state index in [0.29, 0.717) is 36.9 Å². The quantitative estimate of drug-likeness (QED) is 0.531. The van der Waals surface area contributed by atoms with Gasteiger partial charge in [0.1, 0.15) is 17.1 Å². The number of halogens is 1. The molecule has 0 unspecified atom stereocenters. The summed E-state index contributed by atoms with van der Waals surface area (Å²) < 4.78 is 45.4. The summed E-state index contributed by atoms with van der Waals surface area (Å²) in [4.78, 5) is 14.0. The highest BCUT2D eigenvalue weighted by Crippen LogP contribution is 2.64. The van der Waals surface area contributed by atoms with E-state index < -0.39 is 22.4 Å². The molecule has 2 aromatic carbocycles. The van der Waals surface area contributed by atoms with E-state index in [0.717, 1.165) is 19.3 Å². The number of anilines is 3. The van der Waals surface area contributed by atoms with Gasteiger partial charge < -0.3 is 9.64 Å². The standard InChI is InChI=1S/C24H32FN3O4S/c1-24(2,3)32-23(29)26-15-12-18(13-16-26)14-17-27-21-10-6-7-11-22(21)28(33(27,30)31)20-9-5-4-8-19(20)25/h4-11,18,30-31H,12-17H2,1-3H3. The highest BCUT2D eigenvalue weighted by atomic mass is 32.3. The first kappa shape index (κ1) is 23.7. The van der Waals surface area contributed by atoms with E-state index in [4.69, 9.17) is 4.74 Å². The Balaban J connectivity index is 1.44. The zero-order valence-corrected chi connectivity index (χ0v) is 20.1. The van der Waals surface area contributed by atoms with E-state index in [1.54, 1.807) is 39.5 Å². The number of carbonyl (C=O) groups excluding carboxylic acids is 1. The lowest BCUT2D eigenvalue weighted by Crippen LogP contribution is -2.42. The number of hydrogen-bond acceptors (Lipinski definition) is 6. The van der Waals surface area contributed by atoms with E-state index in [1.165, 1.54) is 10.4 Å². The van der Waals surface area contributed by atoms with Gasteiger partial charge in [0.2, 0.25) is 0 Å².